The molecule has 202 valence electrons. The molecule has 1 aromatic carbocycles. The highest BCUT2D eigenvalue weighted by atomic mass is 32.2. The van der Waals surface area contributed by atoms with Gasteiger partial charge in [0.2, 0.25) is 23.6 Å². The van der Waals surface area contributed by atoms with Crippen molar-refractivity contribution < 1.29 is 34.2 Å². The number of aliphatic carboxylic acids is 1. The first kappa shape index (κ1) is 29.6. The van der Waals surface area contributed by atoms with Gasteiger partial charge in [-0.15, -0.1) is 0 Å². The largest absolute Gasteiger partial charge is 0.480 e. The van der Waals surface area contributed by atoms with E-state index in [1.54, 1.807) is 12.5 Å². The zero-order valence-corrected chi connectivity index (χ0v) is 21.0. The number of carbonyl (C=O) groups is 5. The SMILES string of the molecule is CSCCC(NC(=O)C(CC(N)=O)NC(=O)C(CO)NC(=O)C(N)Cc1c[nH]c2ccccc12)C(=O)O. The Balaban J connectivity index is 2.04. The number of nitrogens with two attached hydrogens (primary N) is 2. The van der Waals surface area contributed by atoms with Crippen LogP contribution in [0, 0.1) is 0 Å². The molecule has 1 aromatic heterocycles. The Bertz CT molecular complexity index is 1120. The lowest BCUT2D eigenvalue weighted by Crippen LogP contribution is -2.58. The number of aliphatic hydroxyl groups excluding tert-OH is 1. The van der Waals surface area contributed by atoms with Crippen LogP contribution in [0.25, 0.3) is 10.9 Å². The number of hydrogen-bond donors (Lipinski definition) is 8. The normalized spacial score (nSPS) is 14.2. The molecule has 0 bridgehead atoms. The Morgan fingerprint density at radius 3 is 2.24 bits per heavy atom. The third-order valence-corrected chi connectivity index (χ3v) is 6.17. The summed E-state index contributed by atoms with van der Waals surface area (Å²) < 4.78 is 0. The summed E-state index contributed by atoms with van der Waals surface area (Å²) in [5.74, 6) is -4.41. The van der Waals surface area contributed by atoms with E-state index >= 15 is 0 Å². The summed E-state index contributed by atoms with van der Waals surface area (Å²) in [6.45, 7) is -0.826. The number of carbonyl (C=O) groups excluding carboxylic acids is 4. The molecular formula is C23H32N6O7S. The second kappa shape index (κ2) is 14.2. The van der Waals surface area contributed by atoms with E-state index in [1.165, 1.54) is 11.8 Å². The average molecular weight is 537 g/mol. The number of para-hydroxylation sites is 1. The fraction of sp³-hybridized carbons (Fsp3) is 0.435. The van der Waals surface area contributed by atoms with Crippen molar-refractivity contribution in [3.05, 3.63) is 36.0 Å². The molecule has 0 aliphatic heterocycles. The van der Waals surface area contributed by atoms with E-state index in [4.69, 9.17) is 11.5 Å². The number of aliphatic hydroxyl groups is 1. The number of benzene rings is 1. The molecule has 4 atom stereocenters. The van der Waals surface area contributed by atoms with Crippen molar-refractivity contribution in [1.29, 1.82) is 0 Å². The van der Waals surface area contributed by atoms with E-state index in [9.17, 15) is 34.2 Å². The number of aromatic amines is 1. The number of H-pyrrole nitrogens is 1. The topological polar surface area (TPSA) is 230 Å². The van der Waals surface area contributed by atoms with Crippen LogP contribution in [-0.4, -0.2) is 87.6 Å². The highest BCUT2D eigenvalue weighted by Gasteiger charge is 2.31. The molecule has 1 heterocycles. The minimum absolute atomic E-state index is 0.114. The van der Waals surface area contributed by atoms with E-state index in [0.29, 0.717) is 5.75 Å². The fourth-order valence-electron chi connectivity index (χ4n) is 3.55. The Kier molecular flexibility index (Phi) is 11.4. The van der Waals surface area contributed by atoms with Gasteiger partial charge in [-0.25, -0.2) is 4.79 Å². The number of fused-ring (bicyclic) bond motifs is 1. The molecular weight excluding hydrogens is 504 g/mol. The molecule has 14 heteroatoms. The van der Waals surface area contributed by atoms with Crippen LogP contribution in [0.3, 0.4) is 0 Å². The molecule has 0 saturated heterocycles. The first-order valence-electron chi connectivity index (χ1n) is 11.4. The Hall–Kier alpha value is -3.62. The smallest absolute Gasteiger partial charge is 0.326 e. The van der Waals surface area contributed by atoms with Gasteiger partial charge in [-0.3, -0.25) is 19.2 Å². The number of thioether (sulfide) groups is 1. The number of amides is 4. The van der Waals surface area contributed by atoms with Crippen LogP contribution in [0.4, 0.5) is 0 Å². The number of primary amides is 1. The molecule has 2 aromatic rings. The van der Waals surface area contributed by atoms with Crippen molar-refractivity contribution in [3.63, 3.8) is 0 Å². The molecule has 0 spiro atoms. The number of nitrogens with one attached hydrogen (secondary N) is 4. The summed E-state index contributed by atoms with van der Waals surface area (Å²) in [4.78, 5) is 64.0. The number of carboxylic acid groups (broad SMARTS) is 1. The van der Waals surface area contributed by atoms with Crippen LogP contribution in [0.1, 0.15) is 18.4 Å². The summed E-state index contributed by atoms with van der Waals surface area (Å²) in [5.41, 5.74) is 12.9. The maximum absolute atomic E-state index is 12.7. The van der Waals surface area contributed by atoms with Gasteiger partial charge in [0.25, 0.3) is 0 Å². The molecule has 37 heavy (non-hydrogen) atoms. The van der Waals surface area contributed by atoms with Gasteiger partial charge in [0, 0.05) is 17.1 Å². The molecule has 0 radical (unpaired) electrons. The summed E-state index contributed by atoms with van der Waals surface area (Å²) in [6.07, 6.45) is 3.13. The van der Waals surface area contributed by atoms with Gasteiger partial charge < -0.3 is 42.6 Å². The third-order valence-electron chi connectivity index (χ3n) is 5.53. The Labute approximate surface area is 217 Å². The summed E-state index contributed by atoms with van der Waals surface area (Å²) in [6, 6.07) is 2.13. The fourth-order valence-corrected chi connectivity index (χ4v) is 4.02. The van der Waals surface area contributed by atoms with E-state index in [0.717, 1.165) is 16.5 Å². The molecule has 0 aliphatic carbocycles. The van der Waals surface area contributed by atoms with E-state index < -0.39 is 66.8 Å². The lowest BCUT2D eigenvalue weighted by Gasteiger charge is -2.23. The monoisotopic (exact) mass is 536 g/mol. The van der Waals surface area contributed by atoms with Gasteiger partial charge in [0.1, 0.15) is 18.1 Å². The number of rotatable bonds is 15. The maximum atomic E-state index is 12.7. The average Bonchev–Trinajstić information content (AvgIpc) is 3.26. The van der Waals surface area contributed by atoms with Crippen LogP contribution in [0.15, 0.2) is 30.5 Å². The van der Waals surface area contributed by atoms with Gasteiger partial charge in [-0.05, 0) is 36.5 Å². The van der Waals surface area contributed by atoms with Crippen LogP contribution < -0.4 is 27.4 Å². The maximum Gasteiger partial charge on any atom is 0.326 e. The third kappa shape index (κ3) is 8.77. The van der Waals surface area contributed by atoms with Crippen molar-refractivity contribution in [3.8, 4) is 0 Å². The Morgan fingerprint density at radius 2 is 1.62 bits per heavy atom. The second-order valence-electron chi connectivity index (χ2n) is 8.33. The summed E-state index contributed by atoms with van der Waals surface area (Å²) in [5, 5.41) is 26.7. The molecule has 4 unspecified atom stereocenters. The van der Waals surface area contributed by atoms with Crippen molar-refractivity contribution in [2.45, 2.75) is 43.4 Å². The van der Waals surface area contributed by atoms with E-state index in [1.807, 2.05) is 24.3 Å². The summed E-state index contributed by atoms with van der Waals surface area (Å²) >= 11 is 1.38. The lowest BCUT2D eigenvalue weighted by atomic mass is 10.0. The van der Waals surface area contributed by atoms with Gasteiger partial charge >= 0.3 is 5.97 Å². The zero-order chi connectivity index (χ0) is 27.5. The molecule has 10 N–H and O–H groups in total. The minimum atomic E-state index is -1.52. The van der Waals surface area contributed by atoms with Gasteiger partial charge in [0.05, 0.1) is 19.1 Å². The van der Waals surface area contributed by atoms with Crippen molar-refractivity contribution >= 4 is 52.3 Å². The Morgan fingerprint density at radius 1 is 1.00 bits per heavy atom. The predicted octanol–water partition coefficient (Wildman–Crippen LogP) is -1.80. The lowest BCUT2D eigenvalue weighted by molar-refractivity contribution is -0.142. The second-order valence-corrected chi connectivity index (χ2v) is 9.31. The highest BCUT2D eigenvalue weighted by Crippen LogP contribution is 2.18. The zero-order valence-electron chi connectivity index (χ0n) is 20.2. The number of carboxylic acids is 1. The van der Waals surface area contributed by atoms with Crippen LogP contribution in [0.5, 0.6) is 0 Å². The van der Waals surface area contributed by atoms with Crippen LogP contribution >= 0.6 is 11.8 Å². The van der Waals surface area contributed by atoms with Gasteiger partial charge in [-0.1, -0.05) is 18.2 Å². The van der Waals surface area contributed by atoms with Crippen molar-refractivity contribution in [1.82, 2.24) is 20.9 Å². The van der Waals surface area contributed by atoms with Crippen molar-refractivity contribution in [2.24, 2.45) is 11.5 Å². The van der Waals surface area contributed by atoms with Crippen LogP contribution in [0.2, 0.25) is 0 Å². The predicted molar refractivity (Wildman–Crippen MR) is 137 cm³/mol. The molecule has 2 rings (SSSR count). The van der Waals surface area contributed by atoms with E-state index in [-0.39, 0.29) is 12.8 Å². The van der Waals surface area contributed by atoms with E-state index in [2.05, 4.69) is 20.9 Å². The number of hydrogen-bond acceptors (Lipinski definition) is 8. The molecule has 13 nitrogen and oxygen atoms in total. The van der Waals surface area contributed by atoms with Gasteiger partial charge in [-0.2, -0.15) is 11.8 Å². The number of aromatic nitrogens is 1. The summed E-state index contributed by atoms with van der Waals surface area (Å²) in [7, 11) is 0. The van der Waals surface area contributed by atoms with Gasteiger partial charge in [0.15, 0.2) is 0 Å². The van der Waals surface area contributed by atoms with Crippen LogP contribution in [-0.2, 0) is 30.4 Å². The first-order chi connectivity index (χ1) is 17.6. The minimum Gasteiger partial charge on any atom is -0.480 e. The molecule has 4 amide bonds. The highest BCUT2D eigenvalue weighted by molar-refractivity contribution is 7.98. The first-order valence-corrected chi connectivity index (χ1v) is 12.8. The molecule has 0 saturated carbocycles. The molecule has 0 aliphatic rings. The quantitative estimate of drug-likeness (QED) is 0.128. The standard InChI is InChI=1S/C23H32N6O7S/c1-37-7-6-16(23(35)36)27-21(33)17(9-19(25)31)28-22(34)18(11-30)29-20(32)14(24)8-12-10-26-15-5-3-2-4-13(12)15/h2-5,10,14,16-18,26,30H,6-9,11,24H2,1H3,(H2,25,31)(H,27,33)(H,28,34)(H,29,32)(H,35,36). The van der Waals surface area contributed by atoms with Crippen molar-refractivity contribution in [2.75, 3.05) is 18.6 Å². The molecule has 0 fully saturated rings.